The van der Waals surface area contributed by atoms with E-state index in [0.717, 1.165) is 16.5 Å². The molecule has 2 amide bonds. The Labute approximate surface area is 224 Å². The van der Waals surface area contributed by atoms with Crippen LogP contribution in [0.1, 0.15) is 21.6 Å². The molecular weight excluding hydrogens is 500 g/mol. The molecule has 11 nitrogen and oxygen atoms in total. The molecule has 4 N–H and O–H groups in total. The van der Waals surface area contributed by atoms with Crippen LogP contribution in [0, 0.1) is 0 Å². The summed E-state index contributed by atoms with van der Waals surface area (Å²) in [6, 6.07) is 19.8. The predicted molar refractivity (Wildman–Crippen MR) is 150 cm³/mol. The Morgan fingerprint density at radius 3 is 2.08 bits per heavy atom. The SMILES string of the molecule is COc1cccc(/C=N/NC(=O)CNc2cc3[nH]c(C(=O)N/N=C/c4cccc(OC)c4)cc3cc2OC)c1. The van der Waals surface area contributed by atoms with E-state index >= 15 is 0 Å². The number of benzene rings is 3. The first-order valence-electron chi connectivity index (χ1n) is 11.9. The van der Waals surface area contributed by atoms with E-state index in [1.807, 2.05) is 36.4 Å². The lowest BCUT2D eigenvalue weighted by atomic mass is 10.2. The Bertz CT molecular complexity index is 1530. The first-order chi connectivity index (χ1) is 19.0. The van der Waals surface area contributed by atoms with Crippen molar-refractivity contribution in [3.63, 3.8) is 0 Å². The number of ether oxygens (including phenoxy) is 3. The number of rotatable bonds is 11. The third kappa shape index (κ3) is 7.13. The fourth-order valence-corrected chi connectivity index (χ4v) is 3.65. The first-order valence-corrected chi connectivity index (χ1v) is 11.9. The van der Waals surface area contributed by atoms with Crippen molar-refractivity contribution in [1.82, 2.24) is 15.8 Å². The largest absolute Gasteiger partial charge is 0.497 e. The van der Waals surface area contributed by atoms with E-state index in [-0.39, 0.29) is 12.5 Å². The molecule has 11 heteroatoms. The number of hydrogen-bond acceptors (Lipinski definition) is 8. The number of carbonyl (C=O) groups is 2. The molecule has 0 aliphatic heterocycles. The van der Waals surface area contributed by atoms with E-state index in [4.69, 9.17) is 14.2 Å². The van der Waals surface area contributed by atoms with Crippen LogP contribution in [0.4, 0.5) is 5.69 Å². The molecule has 3 aromatic carbocycles. The summed E-state index contributed by atoms with van der Waals surface area (Å²) in [4.78, 5) is 28.0. The zero-order valence-electron chi connectivity index (χ0n) is 21.6. The Morgan fingerprint density at radius 2 is 1.46 bits per heavy atom. The molecule has 0 bridgehead atoms. The molecule has 0 fully saturated rings. The van der Waals surface area contributed by atoms with E-state index in [1.165, 1.54) is 19.5 Å². The van der Waals surface area contributed by atoms with Crippen molar-refractivity contribution in [1.29, 1.82) is 0 Å². The normalized spacial score (nSPS) is 11.1. The lowest BCUT2D eigenvalue weighted by Gasteiger charge is -2.10. The number of nitrogens with one attached hydrogen (secondary N) is 4. The van der Waals surface area contributed by atoms with Gasteiger partial charge in [0.2, 0.25) is 0 Å². The molecular formula is C28H28N6O5. The zero-order valence-corrected chi connectivity index (χ0v) is 21.6. The lowest BCUT2D eigenvalue weighted by Crippen LogP contribution is -2.26. The van der Waals surface area contributed by atoms with Crippen LogP contribution in [-0.2, 0) is 4.79 Å². The molecule has 0 aliphatic carbocycles. The first kappa shape index (κ1) is 26.7. The highest BCUT2D eigenvalue weighted by atomic mass is 16.5. The van der Waals surface area contributed by atoms with Gasteiger partial charge < -0.3 is 24.5 Å². The number of carbonyl (C=O) groups excluding carboxylic acids is 2. The quantitative estimate of drug-likeness (QED) is 0.174. The maximum absolute atomic E-state index is 12.6. The molecule has 200 valence electrons. The maximum Gasteiger partial charge on any atom is 0.287 e. The molecule has 0 aliphatic rings. The van der Waals surface area contributed by atoms with E-state index in [0.29, 0.717) is 34.1 Å². The smallest absolute Gasteiger partial charge is 0.287 e. The average Bonchev–Trinajstić information content (AvgIpc) is 3.39. The van der Waals surface area contributed by atoms with Crippen LogP contribution in [-0.4, -0.2) is 57.1 Å². The van der Waals surface area contributed by atoms with Gasteiger partial charge in [-0.3, -0.25) is 9.59 Å². The molecule has 0 saturated heterocycles. The number of anilines is 1. The summed E-state index contributed by atoms with van der Waals surface area (Å²) in [5.41, 5.74) is 8.11. The molecule has 39 heavy (non-hydrogen) atoms. The summed E-state index contributed by atoms with van der Waals surface area (Å²) in [7, 11) is 4.69. The summed E-state index contributed by atoms with van der Waals surface area (Å²) in [6.45, 7) is -0.0512. The average molecular weight is 529 g/mol. The molecule has 0 spiro atoms. The summed E-state index contributed by atoms with van der Waals surface area (Å²) in [5.74, 6) is 1.14. The third-order valence-corrected chi connectivity index (χ3v) is 5.60. The minimum absolute atomic E-state index is 0.0512. The van der Waals surface area contributed by atoms with Gasteiger partial charge in [-0.2, -0.15) is 10.2 Å². The van der Waals surface area contributed by atoms with Gasteiger partial charge in [0.1, 0.15) is 22.9 Å². The topological polar surface area (TPSA) is 138 Å². The van der Waals surface area contributed by atoms with Crippen LogP contribution in [0.15, 0.2) is 76.9 Å². The second-order valence-corrected chi connectivity index (χ2v) is 8.22. The van der Waals surface area contributed by atoms with Crippen LogP contribution < -0.4 is 30.4 Å². The lowest BCUT2D eigenvalue weighted by molar-refractivity contribution is -0.119. The molecule has 0 unspecified atom stereocenters. The third-order valence-electron chi connectivity index (χ3n) is 5.60. The fraction of sp³-hybridized carbons (Fsp3) is 0.143. The number of amides is 2. The number of H-pyrrole nitrogens is 1. The van der Waals surface area contributed by atoms with Crippen molar-refractivity contribution in [2.75, 3.05) is 33.2 Å². The number of hydrazone groups is 2. The van der Waals surface area contributed by atoms with Gasteiger partial charge in [0.05, 0.1) is 46.0 Å². The van der Waals surface area contributed by atoms with Gasteiger partial charge in [0, 0.05) is 10.9 Å². The van der Waals surface area contributed by atoms with Gasteiger partial charge in [-0.25, -0.2) is 10.9 Å². The van der Waals surface area contributed by atoms with Crippen LogP contribution >= 0.6 is 0 Å². The van der Waals surface area contributed by atoms with Gasteiger partial charge in [0.25, 0.3) is 11.8 Å². The summed E-state index contributed by atoms with van der Waals surface area (Å²) >= 11 is 0. The molecule has 4 aromatic rings. The van der Waals surface area contributed by atoms with Crippen molar-refractivity contribution in [3.05, 3.63) is 83.6 Å². The minimum atomic E-state index is -0.410. The van der Waals surface area contributed by atoms with Crippen molar-refractivity contribution in [3.8, 4) is 17.2 Å². The van der Waals surface area contributed by atoms with Crippen molar-refractivity contribution in [2.45, 2.75) is 0 Å². The van der Waals surface area contributed by atoms with E-state index in [9.17, 15) is 9.59 Å². The minimum Gasteiger partial charge on any atom is -0.497 e. The Morgan fingerprint density at radius 1 is 0.821 bits per heavy atom. The summed E-state index contributed by atoms with van der Waals surface area (Å²) in [5, 5.41) is 11.8. The summed E-state index contributed by atoms with van der Waals surface area (Å²) < 4.78 is 15.8. The Kier molecular flexibility index (Phi) is 8.75. The highest BCUT2D eigenvalue weighted by Gasteiger charge is 2.13. The van der Waals surface area contributed by atoms with Gasteiger partial charge in [-0.15, -0.1) is 0 Å². The zero-order chi connectivity index (χ0) is 27.6. The number of fused-ring (bicyclic) bond motifs is 1. The van der Waals surface area contributed by atoms with Gasteiger partial charge in [-0.05, 0) is 53.6 Å². The predicted octanol–water partition coefficient (Wildman–Crippen LogP) is 3.52. The Balaban J connectivity index is 1.37. The molecule has 0 saturated carbocycles. The van der Waals surface area contributed by atoms with Gasteiger partial charge in [0.15, 0.2) is 0 Å². The second kappa shape index (κ2) is 12.8. The Hall–Kier alpha value is -5.32. The number of methoxy groups -OCH3 is 3. The van der Waals surface area contributed by atoms with Crippen LogP contribution in [0.5, 0.6) is 17.2 Å². The maximum atomic E-state index is 12.6. The van der Waals surface area contributed by atoms with Crippen LogP contribution in [0.25, 0.3) is 10.9 Å². The summed E-state index contributed by atoms with van der Waals surface area (Å²) in [6.07, 6.45) is 3.05. The standard InChI is InChI=1S/C28H28N6O5/c1-37-21-8-4-6-18(10-21)15-30-33-27(35)17-29-24-14-23-20(13-26(24)39-3)12-25(32-23)28(36)34-31-16-19-7-5-9-22(11-19)38-2/h4-16,29,32H,17H2,1-3H3,(H,33,35)(H,34,36)/b30-15+,31-16+. The highest BCUT2D eigenvalue weighted by Crippen LogP contribution is 2.30. The van der Waals surface area contributed by atoms with Crippen LogP contribution in [0.3, 0.4) is 0 Å². The number of nitrogens with zero attached hydrogens (tertiary/aromatic N) is 2. The number of aromatic nitrogens is 1. The van der Waals surface area contributed by atoms with Crippen molar-refractivity contribution in [2.24, 2.45) is 10.2 Å². The van der Waals surface area contributed by atoms with Crippen molar-refractivity contribution >= 4 is 40.8 Å². The van der Waals surface area contributed by atoms with E-state index in [2.05, 4.69) is 31.4 Å². The van der Waals surface area contributed by atoms with Crippen LogP contribution in [0.2, 0.25) is 0 Å². The number of aromatic amines is 1. The molecule has 1 aromatic heterocycles. The number of hydrogen-bond donors (Lipinski definition) is 4. The van der Waals surface area contributed by atoms with E-state index in [1.54, 1.807) is 44.6 Å². The van der Waals surface area contributed by atoms with Gasteiger partial charge >= 0.3 is 0 Å². The molecule has 0 radical (unpaired) electrons. The van der Waals surface area contributed by atoms with Gasteiger partial charge in [-0.1, -0.05) is 24.3 Å². The molecule has 0 atom stereocenters. The van der Waals surface area contributed by atoms with E-state index < -0.39 is 5.91 Å². The monoisotopic (exact) mass is 528 g/mol. The second-order valence-electron chi connectivity index (χ2n) is 8.22. The molecule has 1 heterocycles. The highest BCUT2D eigenvalue weighted by molar-refractivity contribution is 6.00. The van der Waals surface area contributed by atoms with Crippen molar-refractivity contribution < 1.29 is 23.8 Å². The molecule has 4 rings (SSSR count). The fourth-order valence-electron chi connectivity index (χ4n) is 3.65.